The second kappa shape index (κ2) is 6.44. The third kappa shape index (κ3) is 4.32. The van der Waals surface area contributed by atoms with Crippen molar-refractivity contribution < 1.29 is 9.53 Å². The molecule has 1 amide bonds. The maximum absolute atomic E-state index is 11.4. The minimum absolute atomic E-state index is 0.00953. The molecule has 1 aliphatic heterocycles. The van der Waals surface area contributed by atoms with E-state index in [1.807, 2.05) is 0 Å². The Kier molecular flexibility index (Phi) is 5.16. The van der Waals surface area contributed by atoms with Crippen molar-refractivity contribution in [1.29, 1.82) is 0 Å². The number of carbonyl (C=O) groups is 1. The Labute approximate surface area is 91.0 Å². The summed E-state index contributed by atoms with van der Waals surface area (Å²) >= 11 is 0. The zero-order valence-corrected chi connectivity index (χ0v) is 9.16. The summed E-state index contributed by atoms with van der Waals surface area (Å²) in [5.74, 6) is 2.37. The van der Waals surface area contributed by atoms with Crippen LogP contribution < -0.4 is 5.32 Å². The molecule has 0 spiro atoms. The Morgan fingerprint density at radius 3 is 3.20 bits per heavy atom. The van der Waals surface area contributed by atoms with Crippen molar-refractivity contribution in [2.24, 2.45) is 0 Å². The van der Waals surface area contributed by atoms with Crippen LogP contribution in [0, 0.1) is 12.3 Å². The first-order chi connectivity index (χ1) is 7.26. The molecule has 4 heteroatoms. The van der Waals surface area contributed by atoms with Gasteiger partial charge >= 0.3 is 0 Å². The second-order valence-corrected chi connectivity index (χ2v) is 3.62. The maximum atomic E-state index is 11.4. The van der Waals surface area contributed by atoms with Crippen LogP contribution in [0.2, 0.25) is 0 Å². The SMILES string of the molecule is C#CCNC(=O)CN1CCO[C@H](CC)C1. The molecular formula is C11H18N2O2. The van der Waals surface area contributed by atoms with Crippen LogP contribution in [0.5, 0.6) is 0 Å². The van der Waals surface area contributed by atoms with E-state index in [2.05, 4.69) is 23.1 Å². The lowest BCUT2D eigenvalue weighted by molar-refractivity contribution is -0.124. The lowest BCUT2D eigenvalue weighted by Crippen LogP contribution is -2.46. The number of terminal acetylenes is 1. The molecule has 1 N–H and O–H groups in total. The number of morpholine rings is 1. The van der Waals surface area contributed by atoms with Crippen molar-refractivity contribution in [2.75, 3.05) is 32.8 Å². The quantitative estimate of drug-likeness (QED) is 0.656. The highest BCUT2D eigenvalue weighted by atomic mass is 16.5. The van der Waals surface area contributed by atoms with Gasteiger partial charge in [-0.25, -0.2) is 0 Å². The molecule has 15 heavy (non-hydrogen) atoms. The summed E-state index contributed by atoms with van der Waals surface area (Å²) in [6.07, 6.45) is 6.31. The van der Waals surface area contributed by atoms with Crippen LogP contribution >= 0.6 is 0 Å². The van der Waals surface area contributed by atoms with Crippen molar-refractivity contribution in [2.45, 2.75) is 19.4 Å². The van der Waals surface area contributed by atoms with Crippen LogP contribution in [-0.2, 0) is 9.53 Å². The molecule has 1 rings (SSSR count). The van der Waals surface area contributed by atoms with Gasteiger partial charge in [-0.1, -0.05) is 12.8 Å². The topological polar surface area (TPSA) is 41.6 Å². The Hall–Kier alpha value is -1.05. The fraction of sp³-hybridized carbons (Fsp3) is 0.727. The molecule has 0 aliphatic carbocycles. The van der Waals surface area contributed by atoms with E-state index >= 15 is 0 Å². The van der Waals surface area contributed by atoms with Crippen molar-refractivity contribution in [3.63, 3.8) is 0 Å². The first-order valence-electron chi connectivity index (χ1n) is 5.30. The molecule has 1 heterocycles. The first kappa shape index (κ1) is 12.0. The third-order valence-corrected chi connectivity index (χ3v) is 2.43. The molecule has 84 valence electrons. The van der Waals surface area contributed by atoms with Gasteiger partial charge in [-0.15, -0.1) is 6.42 Å². The monoisotopic (exact) mass is 210 g/mol. The molecule has 0 unspecified atom stereocenters. The van der Waals surface area contributed by atoms with Crippen LogP contribution in [0.25, 0.3) is 0 Å². The summed E-state index contributed by atoms with van der Waals surface area (Å²) in [6.45, 7) is 5.18. The first-order valence-corrected chi connectivity index (χ1v) is 5.30. The zero-order chi connectivity index (χ0) is 11.1. The van der Waals surface area contributed by atoms with E-state index in [9.17, 15) is 4.79 Å². The molecule has 0 radical (unpaired) electrons. The highest BCUT2D eigenvalue weighted by Gasteiger charge is 2.20. The molecule has 0 aromatic rings. The number of nitrogens with zero attached hydrogens (tertiary/aromatic N) is 1. The van der Waals surface area contributed by atoms with Gasteiger partial charge in [0.1, 0.15) is 0 Å². The average Bonchev–Trinajstić information content (AvgIpc) is 2.26. The molecular weight excluding hydrogens is 192 g/mol. The molecule has 1 saturated heterocycles. The summed E-state index contributed by atoms with van der Waals surface area (Å²) in [7, 11) is 0. The van der Waals surface area contributed by atoms with E-state index in [1.54, 1.807) is 0 Å². The summed E-state index contributed by atoms with van der Waals surface area (Å²) in [6, 6.07) is 0. The molecule has 4 nitrogen and oxygen atoms in total. The Morgan fingerprint density at radius 1 is 1.73 bits per heavy atom. The van der Waals surface area contributed by atoms with Gasteiger partial charge in [-0.2, -0.15) is 0 Å². The number of hydrogen-bond acceptors (Lipinski definition) is 3. The third-order valence-electron chi connectivity index (χ3n) is 2.43. The minimum Gasteiger partial charge on any atom is -0.376 e. The molecule has 1 atom stereocenters. The second-order valence-electron chi connectivity index (χ2n) is 3.62. The van der Waals surface area contributed by atoms with Gasteiger partial charge < -0.3 is 10.1 Å². The van der Waals surface area contributed by atoms with Crippen LogP contribution in [0.15, 0.2) is 0 Å². The van der Waals surface area contributed by atoms with Crippen LogP contribution in [0.1, 0.15) is 13.3 Å². The lowest BCUT2D eigenvalue weighted by atomic mass is 10.2. The van der Waals surface area contributed by atoms with Gasteiger partial charge in [0.2, 0.25) is 5.91 Å². The number of hydrogen-bond donors (Lipinski definition) is 1. The van der Waals surface area contributed by atoms with E-state index < -0.39 is 0 Å². The Balaban J connectivity index is 2.25. The number of nitrogens with one attached hydrogen (secondary N) is 1. The van der Waals surface area contributed by atoms with Gasteiger partial charge in [-0.3, -0.25) is 9.69 Å². The number of rotatable bonds is 4. The predicted molar refractivity (Wildman–Crippen MR) is 58.3 cm³/mol. The van der Waals surface area contributed by atoms with Crippen LogP contribution in [0.4, 0.5) is 0 Å². The summed E-state index contributed by atoms with van der Waals surface area (Å²) in [4.78, 5) is 13.5. The van der Waals surface area contributed by atoms with Crippen LogP contribution in [0.3, 0.4) is 0 Å². The smallest absolute Gasteiger partial charge is 0.234 e. The Morgan fingerprint density at radius 2 is 2.53 bits per heavy atom. The summed E-state index contributed by atoms with van der Waals surface area (Å²) < 4.78 is 5.51. The highest BCUT2D eigenvalue weighted by Crippen LogP contribution is 2.07. The van der Waals surface area contributed by atoms with Gasteiger partial charge in [0.05, 0.1) is 25.8 Å². The van der Waals surface area contributed by atoms with Crippen molar-refractivity contribution >= 4 is 5.91 Å². The van der Waals surface area contributed by atoms with Gasteiger partial charge in [0.25, 0.3) is 0 Å². The normalized spacial score (nSPS) is 22.0. The van der Waals surface area contributed by atoms with Crippen molar-refractivity contribution in [1.82, 2.24) is 10.2 Å². The highest BCUT2D eigenvalue weighted by molar-refractivity contribution is 5.78. The van der Waals surface area contributed by atoms with Crippen LogP contribution in [-0.4, -0.2) is 49.7 Å². The fourth-order valence-electron chi connectivity index (χ4n) is 1.58. The van der Waals surface area contributed by atoms with E-state index in [0.29, 0.717) is 19.7 Å². The fourth-order valence-corrected chi connectivity index (χ4v) is 1.58. The number of ether oxygens (including phenoxy) is 1. The van der Waals surface area contributed by atoms with Gasteiger partial charge in [0.15, 0.2) is 0 Å². The zero-order valence-electron chi connectivity index (χ0n) is 9.16. The van der Waals surface area contributed by atoms with E-state index in [1.165, 1.54) is 0 Å². The summed E-state index contributed by atoms with van der Waals surface area (Å²) in [5, 5.41) is 2.65. The van der Waals surface area contributed by atoms with Crippen molar-refractivity contribution in [3.05, 3.63) is 0 Å². The van der Waals surface area contributed by atoms with Crippen molar-refractivity contribution in [3.8, 4) is 12.3 Å². The molecule has 0 saturated carbocycles. The lowest BCUT2D eigenvalue weighted by Gasteiger charge is -2.31. The molecule has 0 aromatic heterocycles. The molecule has 0 bridgehead atoms. The van der Waals surface area contributed by atoms with E-state index in [0.717, 1.165) is 19.5 Å². The van der Waals surface area contributed by atoms with E-state index in [-0.39, 0.29) is 12.0 Å². The minimum atomic E-state index is -0.00953. The standard InChI is InChI=1S/C11H18N2O2/c1-3-5-12-11(14)9-13-6-7-15-10(4-2)8-13/h1,10H,4-9H2,2H3,(H,12,14)/t10-/m1/s1. The van der Waals surface area contributed by atoms with Gasteiger partial charge in [-0.05, 0) is 6.42 Å². The summed E-state index contributed by atoms with van der Waals surface area (Å²) in [5.41, 5.74) is 0. The van der Waals surface area contributed by atoms with E-state index in [4.69, 9.17) is 11.2 Å². The molecule has 1 aliphatic rings. The molecule has 1 fully saturated rings. The number of carbonyl (C=O) groups excluding carboxylic acids is 1. The molecule has 0 aromatic carbocycles. The Bertz CT molecular complexity index is 247. The maximum Gasteiger partial charge on any atom is 0.234 e. The average molecular weight is 210 g/mol. The largest absolute Gasteiger partial charge is 0.376 e. The number of amides is 1. The predicted octanol–water partition coefficient (Wildman–Crippen LogP) is -0.153. The van der Waals surface area contributed by atoms with Gasteiger partial charge in [0, 0.05) is 13.1 Å².